The van der Waals surface area contributed by atoms with Crippen LogP contribution >= 0.6 is 11.6 Å². The first-order chi connectivity index (χ1) is 7.66. The Morgan fingerprint density at radius 1 is 1.69 bits per heavy atom. The highest BCUT2D eigenvalue weighted by Gasteiger charge is 2.17. The number of nitrogens with zero attached hydrogens (tertiary/aromatic N) is 1. The molecular weight excluding hydrogens is 230 g/mol. The molecule has 0 radical (unpaired) electrons. The minimum Gasteiger partial charge on any atom is -0.477 e. The number of carboxylic acid groups (broad SMARTS) is 1. The van der Waals surface area contributed by atoms with E-state index in [0.29, 0.717) is 11.6 Å². The van der Waals surface area contributed by atoms with Crippen LogP contribution in [0, 0.1) is 0 Å². The Hall–Kier alpha value is -1.00. The van der Waals surface area contributed by atoms with Crippen molar-refractivity contribution in [3.05, 3.63) is 23.0 Å². The molecule has 1 aromatic rings. The zero-order valence-corrected chi connectivity index (χ0v) is 9.61. The van der Waals surface area contributed by atoms with Gasteiger partial charge in [-0.15, -0.1) is 0 Å². The molecule has 1 unspecified atom stereocenters. The van der Waals surface area contributed by atoms with E-state index in [4.69, 9.17) is 21.4 Å². The van der Waals surface area contributed by atoms with Crippen LogP contribution in [0.15, 0.2) is 12.3 Å². The van der Waals surface area contributed by atoms with Crippen molar-refractivity contribution in [2.45, 2.75) is 31.9 Å². The van der Waals surface area contributed by atoms with Crippen LogP contribution in [0.4, 0.5) is 0 Å². The van der Waals surface area contributed by atoms with Crippen LogP contribution in [0.1, 0.15) is 29.8 Å². The van der Waals surface area contributed by atoms with Crippen LogP contribution < -0.4 is 0 Å². The molecule has 1 atom stereocenters. The fourth-order valence-electron chi connectivity index (χ4n) is 1.99. The molecule has 0 amide bonds. The predicted octanol–water partition coefficient (Wildman–Crippen LogP) is 2.41. The average Bonchev–Trinajstić information content (AvgIpc) is 2.83. The number of carboxylic acids is 1. The first-order valence-corrected chi connectivity index (χ1v) is 5.75. The van der Waals surface area contributed by atoms with Crippen molar-refractivity contribution < 1.29 is 14.6 Å². The molecule has 0 saturated carbocycles. The molecule has 1 N–H and O–H groups in total. The van der Waals surface area contributed by atoms with Gasteiger partial charge in [-0.1, -0.05) is 11.6 Å². The fourth-order valence-corrected chi connectivity index (χ4v) is 2.22. The second kappa shape index (κ2) is 4.89. The zero-order chi connectivity index (χ0) is 11.5. The van der Waals surface area contributed by atoms with Crippen LogP contribution in [0.3, 0.4) is 0 Å². The van der Waals surface area contributed by atoms with E-state index in [1.54, 1.807) is 10.8 Å². The quantitative estimate of drug-likeness (QED) is 0.884. The first-order valence-electron chi connectivity index (χ1n) is 5.37. The molecule has 1 aliphatic heterocycles. The minimum atomic E-state index is -0.945. The summed E-state index contributed by atoms with van der Waals surface area (Å²) in [7, 11) is 0. The highest BCUT2D eigenvalue weighted by atomic mass is 35.5. The number of ether oxygens (including phenoxy) is 1. The molecule has 2 rings (SSSR count). The van der Waals surface area contributed by atoms with Gasteiger partial charge in [-0.3, -0.25) is 0 Å². The standard InChI is InChI=1S/C11H14ClNO3/c12-8-6-10(11(14)15)13(7-8)4-3-9-2-1-5-16-9/h6-7,9H,1-5H2,(H,14,15). The van der Waals surface area contributed by atoms with E-state index < -0.39 is 5.97 Å². The third-order valence-corrected chi connectivity index (χ3v) is 3.00. The van der Waals surface area contributed by atoms with Crippen LogP contribution in [-0.4, -0.2) is 28.4 Å². The van der Waals surface area contributed by atoms with E-state index in [1.165, 1.54) is 6.07 Å². The van der Waals surface area contributed by atoms with Crippen LogP contribution in [0.5, 0.6) is 0 Å². The molecule has 0 aromatic carbocycles. The van der Waals surface area contributed by atoms with Gasteiger partial charge in [0, 0.05) is 19.3 Å². The molecule has 4 nitrogen and oxygen atoms in total. The zero-order valence-electron chi connectivity index (χ0n) is 8.86. The predicted molar refractivity (Wildman–Crippen MR) is 60.0 cm³/mol. The smallest absolute Gasteiger partial charge is 0.352 e. The molecule has 0 spiro atoms. The number of carbonyl (C=O) groups is 1. The number of rotatable bonds is 4. The summed E-state index contributed by atoms with van der Waals surface area (Å²) in [5, 5.41) is 9.42. The van der Waals surface area contributed by atoms with Crippen LogP contribution in [0.2, 0.25) is 5.02 Å². The van der Waals surface area contributed by atoms with Crippen molar-refractivity contribution in [2.24, 2.45) is 0 Å². The maximum Gasteiger partial charge on any atom is 0.352 e. The summed E-state index contributed by atoms with van der Waals surface area (Å²) in [6, 6.07) is 1.47. The third kappa shape index (κ3) is 2.57. The van der Waals surface area contributed by atoms with Gasteiger partial charge in [0.15, 0.2) is 0 Å². The molecule has 0 bridgehead atoms. The monoisotopic (exact) mass is 243 g/mol. The third-order valence-electron chi connectivity index (χ3n) is 2.80. The Kier molecular flexibility index (Phi) is 3.51. The Morgan fingerprint density at radius 3 is 3.12 bits per heavy atom. The highest BCUT2D eigenvalue weighted by molar-refractivity contribution is 6.30. The van der Waals surface area contributed by atoms with Gasteiger partial charge in [0.2, 0.25) is 0 Å². The second-order valence-corrected chi connectivity index (χ2v) is 4.40. The maximum atomic E-state index is 10.9. The summed E-state index contributed by atoms with van der Waals surface area (Å²) < 4.78 is 7.16. The summed E-state index contributed by atoms with van der Waals surface area (Å²) in [5.41, 5.74) is 0.239. The number of halogens is 1. The van der Waals surface area contributed by atoms with E-state index in [9.17, 15) is 4.79 Å². The second-order valence-electron chi connectivity index (χ2n) is 3.97. The molecular formula is C11H14ClNO3. The van der Waals surface area contributed by atoms with E-state index in [1.807, 2.05) is 0 Å². The van der Waals surface area contributed by atoms with E-state index >= 15 is 0 Å². The largest absolute Gasteiger partial charge is 0.477 e. The van der Waals surface area contributed by atoms with Crippen LogP contribution in [0.25, 0.3) is 0 Å². The molecule has 88 valence electrons. The lowest BCUT2D eigenvalue weighted by Gasteiger charge is -2.10. The molecule has 0 aliphatic carbocycles. The Labute approximate surface area is 98.8 Å². The summed E-state index contributed by atoms with van der Waals surface area (Å²) in [6.45, 7) is 1.46. The molecule has 1 aromatic heterocycles. The number of aromatic nitrogens is 1. The van der Waals surface area contributed by atoms with Gasteiger partial charge in [-0.2, -0.15) is 0 Å². The average molecular weight is 244 g/mol. The fraction of sp³-hybridized carbons (Fsp3) is 0.545. The minimum absolute atomic E-state index is 0.239. The molecule has 1 aliphatic rings. The van der Waals surface area contributed by atoms with Gasteiger partial charge in [0.1, 0.15) is 5.69 Å². The van der Waals surface area contributed by atoms with Gasteiger partial charge >= 0.3 is 5.97 Å². The molecule has 5 heteroatoms. The lowest BCUT2D eigenvalue weighted by Crippen LogP contribution is -2.13. The first kappa shape index (κ1) is 11.5. The van der Waals surface area contributed by atoms with Gasteiger partial charge in [-0.25, -0.2) is 4.79 Å². The van der Waals surface area contributed by atoms with Crippen LogP contribution in [-0.2, 0) is 11.3 Å². The van der Waals surface area contributed by atoms with Gasteiger partial charge in [-0.05, 0) is 25.3 Å². The number of aromatic carboxylic acids is 1. The van der Waals surface area contributed by atoms with Crippen molar-refractivity contribution >= 4 is 17.6 Å². The Bertz CT molecular complexity index is 383. The van der Waals surface area contributed by atoms with Gasteiger partial charge in [0.25, 0.3) is 0 Å². The molecule has 1 fully saturated rings. The van der Waals surface area contributed by atoms with E-state index in [0.717, 1.165) is 25.9 Å². The van der Waals surface area contributed by atoms with E-state index in [2.05, 4.69) is 0 Å². The van der Waals surface area contributed by atoms with Crippen molar-refractivity contribution in [2.75, 3.05) is 6.61 Å². The normalized spacial score (nSPS) is 20.2. The summed E-state index contributed by atoms with van der Waals surface area (Å²) >= 11 is 5.79. The van der Waals surface area contributed by atoms with Crippen molar-refractivity contribution in [3.8, 4) is 0 Å². The van der Waals surface area contributed by atoms with Crippen molar-refractivity contribution in [3.63, 3.8) is 0 Å². The summed E-state index contributed by atoms with van der Waals surface area (Å²) in [5.74, 6) is -0.945. The lowest BCUT2D eigenvalue weighted by atomic mass is 10.2. The molecule has 16 heavy (non-hydrogen) atoms. The number of aryl methyl sites for hydroxylation is 1. The summed E-state index contributed by atoms with van der Waals surface area (Å²) in [6.07, 6.45) is 4.92. The van der Waals surface area contributed by atoms with Gasteiger partial charge < -0.3 is 14.4 Å². The van der Waals surface area contributed by atoms with E-state index in [-0.39, 0.29) is 11.8 Å². The summed E-state index contributed by atoms with van der Waals surface area (Å²) in [4.78, 5) is 10.9. The number of hydrogen-bond acceptors (Lipinski definition) is 2. The SMILES string of the molecule is O=C(O)c1cc(Cl)cn1CCC1CCCO1. The lowest BCUT2D eigenvalue weighted by molar-refractivity contribution is 0.0680. The number of hydrogen-bond donors (Lipinski definition) is 1. The topological polar surface area (TPSA) is 51.5 Å². The Morgan fingerprint density at radius 2 is 2.50 bits per heavy atom. The molecule has 1 saturated heterocycles. The Balaban J connectivity index is 1.99. The highest BCUT2D eigenvalue weighted by Crippen LogP contribution is 2.19. The maximum absolute atomic E-state index is 10.9. The molecule has 2 heterocycles. The van der Waals surface area contributed by atoms with Crippen molar-refractivity contribution in [1.82, 2.24) is 4.57 Å². The van der Waals surface area contributed by atoms with Gasteiger partial charge in [0.05, 0.1) is 11.1 Å². The van der Waals surface area contributed by atoms with Crippen molar-refractivity contribution in [1.29, 1.82) is 0 Å².